The molecular formula is C14H15N3O. The average Bonchev–Trinajstić information content (AvgIpc) is 2.88. The Morgan fingerprint density at radius 1 is 1.33 bits per heavy atom. The third kappa shape index (κ3) is 2.01. The van der Waals surface area contributed by atoms with Gasteiger partial charge >= 0.3 is 0 Å². The first-order chi connectivity index (χ1) is 8.59. The number of nitrogens with zero attached hydrogens (tertiary/aromatic N) is 3. The number of nitriles is 1. The van der Waals surface area contributed by atoms with Gasteiger partial charge in [-0.3, -0.25) is 4.68 Å². The molecule has 0 aliphatic carbocycles. The summed E-state index contributed by atoms with van der Waals surface area (Å²) in [5.41, 5.74) is 0.963. The molecule has 1 N–H and O–H groups in total. The maximum atomic E-state index is 10.7. The van der Waals surface area contributed by atoms with Gasteiger partial charge in [0.25, 0.3) is 0 Å². The Kier molecular flexibility index (Phi) is 3.17. The van der Waals surface area contributed by atoms with E-state index in [0.29, 0.717) is 12.1 Å². The van der Waals surface area contributed by atoms with E-state index in [1.54, 1.807) is 42.1 Å². The van der Waals surface area contributed by atoms with Crippen LogP contribution in [0.3, 0.4) is 0 Å². The summed E-state index contributed by atoms with van der Waals surface area (Å²) in [7, 11) is 0. The van der Waals surface area contributed by atoms with E-state index in [4.69, 9.17) is 5.26 Å². The molecule has 18 heavy (non-hydrogen) atoms. The smallest absolute Gasteiger partial charge is 0.128 e. The summed E-state index contributed by atoms with van der Waals surface area (Å²) >= 11 is 0. The van der Waals surface area contributed by atoms with Gasteiger partial charge in [-0.15, -0.1) is 0 Å². The van der Waals surface area contributed by atoms with E-state index in [1.165, 1.54) is 0 Å². The summed E-state index contributed by atoms with van der Waals surface area (Å²) in [5, 5.41) is 23.6. The van der Waals surface area contributed by atoms with E-state index in [2.05, 4.69) is 11.2 Å². The van der Waals surface area contributed by atoms with Crippen LogP contribution < -0.4 is 0 Å². The topological polar surface area (TPSA) is 61.8 Å². The fraction of sp³-hybridized carbons (Fsp3) is 0.286. The second-order valence-corrected chi connectivity index (χ2v) is 4.29. The van der Waals surface area contributed by atoms with Crippen LogP contribution in [0.1, 0.15) is 30.7 Å². The van der Waals surface area contributed by atoms with E-state index in [1.807, 2.05) is 13.0 Å². The van der Waals surface area contributed by atoms with Crippen LogP contribution in [-0.2, 0) is 12.1 Å². The van der Waals surface area contributed by atoms with Gasteiger partial charge in [0.1, 0.15) is 5.60 Å². The Balaban J connectivity index is 2.44. The highest BCUT2D eigenvalue weighted by molar-refractivity contribution is 5.37. The fourth-order valence-electron chi connectivity index (χ4n) is 2.02. The molecule has 4 nitrogen and oxygen atoms in total. The van der Waals surface area contributed by atoms with Gasteiger partial charge in [0, 0.05) is 12.7 Å². The minimum atomic E-state index is -1.11. The Labute approximate surface area is 106 Å². The van der Waals surface area contributed by atoms with E-state index < -0.39 is 5.60 Å². The van der Waals surface area contributed by atoms with Gasteiger partial charge in [-0.05, 0) is 37.6 Å². The fourth-order valence-corrected chi connectivity index (χ4v) is 2.02. The molecule has 0 bridgehead atoms. The number of benzene rings is 1. The quantitative estimate of drug-likeness (QED) is 0.894. The maximum Gasteiger partial charge on any atom is 0.128 e. The molecule has 2 aromatic rings. The Morgan fingerprint density at radius 3 is 2.56 bits per heavy atom. The number of hydrogen-bond donors (Lipinski definition) is 1. The second kappa shape index (κ2) is 4.63. The Bertz CT molecular complexity index is 576. The highest BCUT2D eigenvalue weighted by Crippen LogP contribution is 2.28. The van der Waals surface area contributed by atoms with Gasteiger partial charge in [-0.2, -0.15) is 10.4 Å². The molecule has 0 saturated heterocycles. The van der Waals surface area contributed by atoms with Crippen LogP contribution >= 0.6 is 0 Å². The van der Waals surface area contributed by atoms with Crippen molar-refractivity contribution in [1.82, 2.24) is 9.78 Å². The minimum absolute atomic E-state index is 0.582. The van der Waals surface area contributed by atoms with Gasteiger partial charge in [0.05, 0.1) is 17.3 Å². The van der Waals surface area contributed by atoms with Gasteiger partial charge in [-0.25, -0.2) is 0 Å². The molecule has 0 spiro atoms. The van der Waals surface area contributed by atoms with Crippen molar-refractivity contribution in [3.8, 4) is 6.07 Å². The van der Waals surface area contributed by atoms with Crippen molar-refractivity contribution in [3.05, 3.63) is 53.3 Å². The summed E-state index contributed by atoms with van der Waals surface area (Å²) in [4.78, 5) is 0. The van der Waals surface area contributed by atoms with E-state index >= 15 is 0 Å². The van der Waals surface area contributed by atoms with Gasteiger partial charge in [-0.1, -0.05) is 12.1 Å². The third-order valence-electron chi connectivity index (χ3n) is 3.09. The third-order valence-corrected chi connectivity index (χ3v) is 3.09. The summed E-state index contributed by atoms with van der Waals surface area (Å²) in [5.74, 6) is 0. The van der Waals surface area contributed by atoms with Crippen molar-refractivity contribution in [2.75, 3.05) is 0 Å². The first-order valence-corrected chi connectivity index (χ1v) is 5.85. The molecule has 0 amide bonds. The zero-order valence-electron chi connectivity index (χ0n) is 10.5. The predicted octanol–water partition coefficient (Wildman–Crippen LogP) is 2.03. The lowest BCUT2D eigenvalue weighted by molar-refractivity contribution is 0.0917. The summed E-state index contributed by atoms with van der Waals surface area (Å²) in [6, 6.07) is 10.8. The van der Waals surface area contributed by atoms with Crippen molar-refractivity contribution < 1.29 is 5.11 Å². The standard InChI is InChI=1S/C14H15N3O/c1-3-17-13(8-9-16-17)14(2,18)12-6-4-11(10-15)5-7-12/h4-9,18H,3H2,1-2H3. The van der Waals surface area contributed by atoms with Gasteiger partial charge in [0.15, 0.2) is 0 Å². The van der Waals surface area contributed by atoms with Crippen molar-refractivity contribution in [2.45, 2.75) is 26.0 Å². The Hall–Kier alpha value is -2.12. The Morgan fingerprint density at radius 2 is 2.00 bits per heavy atom. The summed E-state index contributed by atoms with van der Waals surface area (Å²) in [6.45, 7) is 4.41. The number of rotatable bonds is 3. The molecule has 0 saturated carbocycles. The SMILES string of the molecule is CCn1nccc1C(C)(O)c1ccc(C#N)cc1. The van der Waals surface area contributed by atoms with Crippen molar-refractivity contribution in [1.29, 1.82) is 5.26 Å². The lowest BCUT2D eigenvalue weighted by atomic mass is 9.92. The molecule has 1 heterocycles. The zero-order valence-corrected chi connectivity index (χ0v) is 10.5. The normalized spacial score (nSPS) is 13.9. The largest absolute Gasteiger partial charge is 0.379 e. The number of aliphatic hydroxyl groups is 1. The van der Waals surface area contributed by atoms with Gasteiger partial charge < -0.3 is 5.11 Å². The van der Waals surface area contributed by atoms with Crippen LogP contribution in [0.2, 0.25) is 0 Å². The van der Waals surface area contributed by atoms with Crippen molar-refractivity contribution >= 4 is 0 Å². The molecule has 1 atom stereocenters. The van der Waals surface area contributed by atoms with Crippen LogP contribution in [0.4, 0.5) is 0 Å². The lowest BCUT2D eigenvalue weighted by Crippen LogP contribution is -2.26. The minimum Gasteiger partial charge on any atom is -0.379 e. The lowest BCUT2D eigenvalue weighted by Gasteiger charge is -2.24. The highest BCUT2D eigenvalue weighted by atomic mass is 16.3. The van der Waals surface area contributed by atoms with Crippen LogP contribution in [-0.4, -0.2) is 14.9 Å². The molecule has 1 aromatic heterocycles. The molecule has 0 aliphatic heterocycles. The molecule has 0 aliphatic rings. The van der Waals surface area contributed by atoms with Crippen molar-refractivity contribution in [3.63, 3.8) is 0 Å². The molecule has 0 fully saturated rings. The van der Waals surface area contributed by atoms with E-state index in [-0.39, 0.29) is 0 Å². The summed E-state index contributed by atoms with van der Waals surface area (Å²) < 4.78 is 1.76. The first-order valence-electron chi connectivity index (χ1n) is 5.85. The highest BCUT2D eigenvalue weighted by Gasteiger charge is 2.28. The van der Waals surface area contributed by atoms with Crippen LogP contribution in [0, 0.1) is 11.3 Å². The van der Waals surface area contributed by atoms with Gasteiger partial charge in [0.2, 0.25) is 0 Å². The molecule has 4 heteroatoms. The maximum absolute atomic E-state index is 10.7. The molecule has 1 aromatic carbocycles. The summed E-state index contributed by atoms with van der Waals surface area (Å²) in [6.07, 6.45) is 1.68. The zero-order chi connectivity index (χ0) is 13.2. The number of hydrogen-bond acceptors (Lipinski definition) is 3. The molecular weight excluding hydrogens is 226 g/mol. The second-order valence-electron chi connectivity index (χ2n) is 4.29. The van der Waals surface area contributed by atoms with Crippen LogP contribution in [0.5, 0.6) is 0 Å². The molecule has 92 valence electrons. The molecule has 0 radical (unpaired) electrons. The van der Waals surface area contributed by atoms with Crippen LogP contribution in [0.25, 0.3) is 0 Å². The first kappa shape index (κ1) is 12.3. The molecule has 1 unspecified atom stereocenters. The van der Waals surface area contributed by atoms with E-state index in [0.717, 1.165) is 11.3 Å². The average molecular weight is 241 g/mol. The van der Waals surface area contributed by atoms with Crippen molar-refractivity contribution in [2.24, 2.45) is 0 Å². The molecule has 2 rings (SSSR count). The van der Waals surface area contributed by atoms with E-state index in [9.17, 15) is 5.11 Å². The number of aryl methyl sites for hydroxylation is 1. The van der Waals surface area contributed by atoms with Crippen LogP contribution in [0.15, 0.2) is 36.5 Å². The predicted molar refractivity (Wildman–Crippen MR) is 67.7 cm³/mol. The number of aromatic nitrogens is 2. The monoisotopic (exact) mass is 241 g/mol.